The third kappa shape index (κ3) is 5.68. The summed E-state index contributed by atoms with van der Waals surface area (Å²) in [4.78, 5) is 15.5. The normalized spacial score (nSPS) is 12.9. The summed E-state index contributed by atoms with van der Waals surface area (Å²) < 4.78 is 4.87. The highest BCUT2D eigenvalue weighted by Crippen LogP contribution is 2.51. The summed E-state index contributed by atoms with van der Waals surface area (Å²) in [6.45, 7) is 4.72. The van der Waals surface area contributed by atoms with E-state index >= 15 is 0 Å². The average molecular weight is 832 g/mol. The van der Waals surface area contributed by atoms with Crippen LogP contribution >= 0.6 is 0 Å². The molecule has 5 heteroatoms. The van der Waals surface area contributed by atoms with Gasteiger partial charge in [-0.15, -0.1) is 0 Å². The second-order valence-electron chi connectivity index (χ2n) is 17.6. The van der Waals surface area contributed by atoms with Gasteiger partial charge in [0.1, 0.15) is 0 Å². The molecule has 0 fully saturated rings. The highest BCUT2D eigenvalue weighted by atomic mass is 15.0. The Morgan fingerprint density at radius 1 is 0.323 bits per heavy atom. The number of rotatable bonds is 6. The van der Waals surface area contributed by atoms with E-state index in [0.29, 0.717) is 17.5 Å². The van der Waals surface area contributed by atoms with Crippen LogP contribution in [0.15, 0.2) is 212 Å². The molecule has 5 nitrogen and oxygen atoms in total. The van der Waals surface area contributed by atoms with Crippen molar-refractivity contribution < 1.29 is 0 Å². The number of benzene rings is 9. The Kier molecular flexibility index (Phi) is 8.18. The topological polar surface area (TPSA) is 48.5 Å². The fourth-order valence-electron chi connectivity index (χ4n) is 10.5. The van der Waals surface area contributed by atoms with Gasteiger partial charge in [-0.3, -0.25) is 0 Å². The minimum Gasteiger partial charge on any atom is -0.309 e. The van der Waals surface area contributed by atoms with E-state index in [1.165, 1.54) is 44.1 Å². The summed E-state index contributed by atoms with van der Waals surface area (Å²) in [6, 6.07) is 76.0. The van der Waals surface area contributed by atoms with Crippen molar-refractivity contribution in [3.05, 3.63) is 223 Å². The van der Waals surface area contributed by atoms with Crippen LogP contribution in [0.25, 0.3) is 111 Å². The molecule has 0 radical (unpaired) electrons. The van der Waals surface area contributed by atoms with E-state index in [0.717, 1.165) is 61.0 Å². The molecule has 3 aromatic heterocycles. The predicted molar refractivity (Wildman–Crippen MR) is 268 cm³/mol. The molecule has 1 aliphatic rings. The number of nitrogens with zero attached hydrogens (tertiary/aromatic N) is 5. The van der Waals surface area contributed by atoms with Gasteiger partial charge in [0.2, 0.25) is 0 Å². The number of fused-ring (bicyclic) bond motifs is 9. The van der Waals surface area contributed by atoms with E-state index in [1.54, 1.807) is 0 Å². The van der Waals surface area contributed by atoms with Crippen molar-refractivity contribution in [2.75, 3.05) is 0 Å². The van der Waals surface area contributed by atoms with E-state index < -0.39 is 0 Å². The lowest BCUT2D eigenvalue weighted by molar-refractivity contribution is 0.661. The minimum atomic E-state index is -0.115. The summed E-state index contributed by atoms with van der Waals surface area (Å²) in [5.74, 6) is 1.89. The molecular weight excluding hydrogens is 791 g/mol. The molecular formula is C60H41N5. The van der Waals surface area contributed by atoms with E-state index in [9.17, 15) is 0 Å². The van der Waals surface area contributed by atoms with Crippen LogP contribution < -0.4 is 0 Å². The smallest absolute Gasteiger partial charge is 0.166 e. The first-order chi connectivity index (χ1) is 32.0. The average Bonchev–Trinajstić information content (AvgIpc) is 3.96. The van der Waals surface area contributed by atoms with Gasteiger partial charge >= 0.3 is 0 Å². The largest absolute Gasteiger partial charge is 0.309 e. The minimum absolute atomic E-state index is 0.115. The lowest BCUT2D eigenvalue weighted by atomic mass is 9.82. The van der Waals surface area contributed by atoms with Crippen molar-refractivity contribution in [3.63, 3.8) is 0 Å². The van der Waals surface area contributed by atoms with Crippen molar-refractivity contribution in [1.82, 2.24) is 24.1 Å². The lowest BCUT2D eigenvalue weighted by Gasteiger charge is -2.21. The maximum absolute atomic E-state index is 5.24. The lowest BCUT2D eigenvalue weighted by Crippen LogP contribution is -2.14. The van der Waals surface area contributed by atoms with Crippen LogP contribution in [0.4, 0.5) is 0 Å². The third-order valence-corrected chi connectivity index (χ3v) is 13.6. The molecule has 0 unspecified atom stereocenters. The SMILES string of the molecule is CC1(C)c2ccccc2-c2cc3c4cc(-c5cccc6c7cccc(-c8nc(-c9ccccc9)nc(-c9ccccc9)n8)c7n(-c7ccccc7)c56)ccc4n(-c4ccccc4)c3cc21. The standard InChI is InChI=1S/C60H41N5/c1-60(2)51-32-16-15-27-44(51)48-36-50-49-35-40(33-34-53(49)64(54(50)37-52(48)60)41-23-11-5-12-24-41)43-28-17-29-45-46-30-18-31-47(56(46)65(55(43)45)42-25-13-6-14-26-42)59-62-57(38-19-7-3-8-20-38)61-58(63-59)39-21-9-4-10-22-39/h3-37H,1-2H3. The van der Waals surface area contributed by atoms with Gasteiger partial charge in [0.05, 0.1) is 22.1 Å². The number of hydrogen-bond acceptors (Lipinski definition) is 3. The zero-order valence-corrected chi connectivity index (χ0v) is 35.9. The van der Waals surface area contributed by atoms with Gasteiger partial charge in [-0.25, -0.2) is 15.0 Å². The van der Waals surface area contributed by atoms with Crippen molar-refractivity contribution >= 4 is 43.6 Å². The summed E-state index contributed by atoms with van der Waals surface area (Å²) in [5.41, 5.74) is 17.2. The van der Waals surface area contributed by atoms with Crippen LogP contribution in [-0.4, -0.2) is 24.1 Å². The van der Waals surface area contributed by atoms with Crippen molar-refractivity contribution in [1.29, 1.82) is 0 Å². The van der Waals surface area contributed by atoms with E-state index in [1.807, 2.05) is 36.4 Å². The second kappa shape index (κ2) is 14.3. The number of para-hydroxylation sites is 4. The number of aromatic nitrogens is 5. The summed E-state index contributed by atoms with van der Waals surface area (Å²) in [7, 11) is 0. The highest BCUT2D eigenvalue weighted by Gasteiger charge is 2.36. The first-order valence-corrected chi connectivity index (χ1v) is 22.3. The van der Waals surface area contributed by atoms with Crippen molar-refractivity contribution in [2.24, 2.45) is 0 Å². The zero-order chi connectivity index (χ0) is 43.2. The first-order valence-electron chi connectivity index (χ1n) is 22.3. The van der Waals surface area contributed by atoms with Crippen LogP contribution in [0.2, 0.25) is 0 Å². The molecule has 0 saturated carbocycles. The summed E-state index contributed by atoms with van der Waals surface area (Å²) in [5, 5.41) is 4.75. The Balaban J connectivity index is 1.09. The Bertz CT molecular complexity index is 3770. The quantitative estimate of drug-likeness (QED) is 0.168. The van der Waals surface area contributed by atoms with Gasteiger partial charge in [0.25, 0.3) is 0 Å². The molecule has 0 N–H and O–H groups in total. The zero-order valence-electron chi connectivity index (χ0n) is 35.9. The molecule has 3 heterocycles. The Morgan fingerprint density at radius 2 is 0.831 bits per heavy atom. The molecule has 0 atom stereocenters. The molecule has 65 heavy (non-hydrogen) atoms. The second-order valence-corrected chi connectivity index (χ2v) is 17.6. The van der Waals surface area contributed by atoms with Crippen LogP contribution in [-0.2, 0) is 5.41 Å². The van der Waals surface area contributed by atoms with E-state index in [4.69, 9.17) is 15.0 Å². The highest BCUT2D eigenvalue weighted by molar-refractivity contribution is 6.18. The van der Waals surface area contributed by atoms with E-state index in [-0.39, 0.29) is 5.41 Å². The van der Waals surface area contributed by atoms with Crippen LogP contribution in [0.1, 0.15) is 25.0 Å². The Morgan fingerprint density at radius 3 is 1.48 bits per heavy atom. The molecule has 0 saturated heterocycles. The fraction of sp³-hybridized carbons (Fsp3) is 0.0500. The van der Waals surface area contributed by atoms with Crippen molar-refractivity contribution in [3.8, 4) is 67.8 Å². The maximum Gasteiger partial charge on any atom is 0.166 e. The Labute approximate surface area is 376 Å². The summed E-state index contributed by atoms with van der Waals surface area (Å²) in [6.07, 6.45) is 0. The van der Waals surface area contributed by atoms with Crippen molar-refractivity contribution in [2.45, 2.75) is 19.3 Å². The first kappa shape index (κ1) is 37.2. The van der Waals surface area contributed by atoms with Crippen LogP contribution in [0.5, 0.6) is 0 Å². The molecule has 0 spiro atoms. The van der Waals surface area contributed by atoms with Crippen LogP contribution in [0, 0.1) is 0 Å². The van der Waals surface area contributed by atoms with Gasteiger partial charge in [-0.1, -0.05) is 172 Å². The molecule has 0 amide bonds. The molecule has 9 aromatic carbocycles. The van der Waals surface area contributed by atoms with Gasteiger partial charge in [-0.05, 0) is 82.4 Å². The Hall–Kier alpha value is -8.41. The molecule has 0 aliphatic heterocycles. The monoisotopic (exact) mass is 831 g/mol. The molecule has 12 aromatic rings. The van der Waals surface area contributed by atoms with Gasteiger partial charge in [-0.2, -0.15) is 0 Å². The fourth-order valence-corrected chi connectivity index (χ4v) is 10.5. The van der Waals surface area contributed by atoms with Crippen LogP contribution in [0.3, 0.4) is 0 Å². The molecule has 1 aliphatic carbocycles. The van der Waals surface area contributed by atoms with Gasteiger partial charge in [0, 0.05) is 60.6 Å². The maximum atomic E-state index is 5.24. The predicted octanol–water partition coefficient (Wildman–Crippen LogP) is 15.0. The molecule has 13 rings (SSSR count). The van der Waals surface area contributed by atoms with Gasteiger partial charge < -0.3 is 9.13 Å². The molecule has 0 bridgehead atoms. The summed E-state index contributed by atoms with van der Waals surface area (Å²) >= 11 is 0. The third-order valence-electron chi connectivity index (χ3n) is 13.6. The number of hydrogen-bond donors (Lipinski definition) is 0. The van der Waals surface area contributed by atoms with Gasteiger partial charge in [0.15, 0.2) is 17.5 Å². The van der Waals surface area contributed by atoms with E-state index in [2.05, 4.69) is 199 Å². The molecule has 306 valence electrons.